The number of rotatable bonds is 3. The molecule has 0 saturated carbocycles. The van der Waals surface area contributed by atoms with Crippen LogP contribution in [0.15, 0.2) is 36.4 Å². The lowest BCUT2D eigenvalue weighted by atomic mass is 9.95. The third-order valence-electron chi connectivity index (χ3n) is 4.33. The van der Waals surface area contributed by atoms with Gasteiger partial charge in [-0.1, -0.05) is 42.5 Å². The summed E-state index contributed by atoms with van der Waals surface area (Å²) in [7, 11) is 0. The van der Waals surface area contributed by atoms with Crippen molar-refractivity contribution in [3.05, 3.63) is 42.0 Å². The Bertz CT molecular complexity index is 515. The Kier molecular flexibility index (Phi) is 4.25. The fourth-order valence-electron chi connectivity index (χ4n) is 3.09. The molecule has 21 heavy (non-hydrogen) atoms. The number of ether oxygens (including phenoxy) is 1. The summed E-state index contributed by atoms with van der Waals surface area (Å²) in [6.07, 6.45) is 7.08. The second kappa shape index (κ2) is 6.31. The molecule has 0 aliphatic carbocycles. The van der Waals surface area contributed by atoms with Crippen LogP contribution in [0.3, 0.4) is 0 Å². The Labute approximate surface area is 125 Å². The molecule has 2 aliphatic rings. The lowest BCUT2D eigenvalue weighted by molar-refractivity contribution is 0.0448. The highest BCUT2D eigenvalue weighted by atomic mass is 16.6. The van der Waals surface area contributed by atoms with Crippen LogP contribution in [0.5, 0.6) is 0 Å². The molecule has 1 aromatic carbocycles. The third-order valence-corrected chi connectivity index (χ3v) is 4.33. The van der Waals surface area contributed by atoms with Crippen molar-refractivity contribution in [3.63, 3.8) is 0 Å². The van der Waals surface area contributed by atoms with Crippen LogP contribution in [0, 0.1) is 0 Å². The van der Waals surface area contributed by atoms with Crippen LogP contribution in [0.1, 0.15) is 24.8 Å². The van der Waals surface area contributed by atoms with E-state index in [1.165, 1.54) is 5.56 Å². The largest absolute Gasteiger partial charge is 0.441 e. The van der Waals surface area contributed by atoms with E-state index >= 15 is 0 Å². The van der Waals surface area contributed by atoms with Crippen LogP contribution in [0.2, 0.25) is 0 Å². The highest BCUT2D eigenvalue weighted by Gasteiger charge is 2.41. The number of nitrogens with one attached hydrogen (secondary N) is 1. The molecule has 3 rings (SSSR count). The first-order valence-electron chi connectivity index (χ1n) is 7.67. The highest BCUT2D eigenvalue weighted by Crippen LogP contribution is 2.29. The van der Waals surface area contributed by atoms with Gasteiger partial charge in [0.15, 0.2) is 0 Å². The van der Waals surface area contributed by atoms with E-state index in [2.05, 4.69) is 46.6 Å². The smallest absolute Gasteiger partial charge is 0.407 e. The van der Waals surface area contributed by atoms with Crippen molar-refractivity contribution in [3.8, 4) is 0 Å². The van der Waals surface area contributed by atoms with E-state index in [1.807, 2.05) is 6.07 Å². The van der Waals surface area contributed by atoms with E-state index < -0.39 is 0 Å². The minimum atomic E-state index is -0.257. The maximum Gasteiger partial charge on any atom is 0.407 e. The first kappa shape index (κ1) is 14.1. The normalized spacial score (nSPS) is 26.8. The lowest BCUT2D eigenvalue weighted by Gasteiger charge is -2.24. The number of likely N-dealkylation sites (tertiary alicyclic amines) is 1. The summed E-state index contributed by atoms with van der Waals surface area (Å²) < 4.78 is 5.50. The minimum absolute atomic E-state index is 0.255. The number of hydrogen-bond donors (Lipinski definition) is 1. The van der Waals surface area contributed by atoms with Crippen molar-refractivity contribution >= 4 is 12.2 Å². The van der Waals surface area contributed by atoms with E-state index in [0.717, 1.165) is 38.9 Å². The molecular weight excluding hydrogens is 264 g/mol. The maximum absolute atomic E-state index is 11.3. The fourth-order valence-corrected chi connectivity index (χ4v) is 3.09. The van der Waals surface area contributed by atoms with Crippen molar-refractivity contribution in [2.45, 2.75) is 24.9 Å². The van der Waals surface area contributed by atoms with Crippen LogP contribution >= 0.6 is 0 Å². The summed E-state index contributed by atoms with van der Waals surface area (Å²) in [6, 6.07) is 10.4. The molecular formula is C17H22N2O2. The molecule has 1 aromatic rings. The first-order chi connectivity index (χ1) is 10.3. The molecule has 0 aromatic heterocycles. The zero-order valence-corrected chi connectivity index (χ0v) is 12.3. The van der Waals surface area contributed by atoms with Crippen LogP contribution in [0.4, 0.5) is 4.79 Å². The molecule has 2 fully saturated rings. The van der Waals surface area contributed by atoms with Gasteiger partial charge in [-0.05, 0) is 24.9 Å². The van der Waals surface area contributed by atoms with Gasteiger partial charge in [0.2, 0.25) is 0 Å². The number of carbonyl (C=O) groups is 1. The van der Waals surface area contributed by atoms with Crippen molar-refractivity contribution in [2.75, 3.05) is 26.2 Å². The maximum atomic E-state index is 11.3. The highest BCUT2D eigenvalue weighted by molar-refractivity contribution is 5.70. The van der Waals surface area contributed by atoms with Crippen LogP contribution in [-0.2, 0) is 4.74 Å². The number of nitrogens with zero attached hydrogens (tertiary/aromatic N) is 1. The Balaban J connectivity index is 1.51. The van der Waals surface area contributed by atoms with E-state index in [-0.39, 0.29) is 11.7 Å². The van der Waals surface area contributed by atoms with E-state index in [9.17, 15) is 4.79 Å². The molecule has 2 aliphatic heterocycles. The molecule has 4 nitrogen and oxygen atoms in total. The second-order valence-corrected chi connectivity index (χ2v) is 5.89. The molecule has 1 N–H and O–H groups in total. The first-order valence-corrected chi connectivity index (χ1v) is 7.67. The van der Waals surface area contributed by atoms with Gasteiger partial charge in [0.05, 0.1) is 6.54 Å². The van der Waals surface area contributed by atoms with Gasteiger partial charge < -0.3 is 10.1 Å². The van der Waals surface area contributed by atoms with Gasteiger partial charge in [-0.3, -0.25) is 4.90 Å². The van der Waals surface area contributed by atoms with E-state index in [0.29, 0.717) is 6.54 Å². The van der Waals surface area contributed by atoms with Gasteiger partial charge in [0.1, 0.15) is 5.60 Å². The molecule has 112 valence electrons. The predicted molar refractivity (Wildman–Crippen MR) is 83.0 cm³/mol. The van der Waals surface area contributed by atoms with E-state index in [1.54, 1.807) is 0 Å². The van der Waals surface area contributed by atoms with Crippen LogP contribution < -0.4 is 5.32 Å². The molecule has 0 bridgehead atoms. The minimum Gasteiger partial charge on any atom is -0.441 e. The lowest BCUT2D eigenvalue weighted by Crippen LogP contribution is -2.34. The van der Waals surface area contributed by atoms with Crippen molar-refractivity contribution < 1.29 is 9.53 Å². The quantitative estimate of drug-likeness (QED) is 0.929. The number of amides is 1. The topological polar surface area (TPSA) is 41.6 Å². The van der Waals surface area contributed by atoms with Crippen LogP contribution in [-0.4, -0.2) is 42.8 Å². The van der Waals surface area contributed by atoms with Gasteiger partial charge in [-0.15, -0.1) is 0 Å². The number of benzene rings is 1. The summed E-state index contributed by atoms with van der Waals surface area (Å²) in [5, 5.41) is 2.79. The molecule has 1 atom stereocenters. The molecule has 4 heteroatoms. The Morgan fingerprint density at radius 2 is 2.10 bits per heavy atom. The second-order valence-electron chi connectivity index (χ2n) is 5.89. The fraction of sp³-hybridized carbons (Fsp3) is 0.471. The Morgan fingerprint density at radius 1 is 1.24 bits per heavy atom. The zero-order valence-electron chi connectivity index (χ0n) is 12.3. The summed E-state index contributed by atoms with van der Waals surface area (Å²) in [6.45, 7) is 3.67. The monoisotopic (exact) mass is 286 g/mol. The molecule has 1 amide bonds. The molecule has 0 unspecified atom stereocenters. The number of alkyl carbamates (subject to hydrolysis) is 1. The van der Waals surface area contributed by atoms with Gasteiger partial charge in [0, 0.05) is 19.5 Å². The van der Waals surface area contributed by atoms with Gasteiger partial charge >= 0.3 is 6.09 Å². The summed E-state index contributed by atoms with van der Waals surface area (Å²) in [5.74, 6) is 0. The van der Waals surface area contributed by atoms with Crippen molar-refractivity contribution in [1.82, 2.24) is 10.2 Å². The van der Waals surface area contributed by atoms with Gasteiger partial charge in [-0.25, -0.2) is 4.79 Å². The van der Waals surface area contributed by atoms with Gasteiger partial charge in [0.25, 0.3) is 0 Å². The molecule has 0 radical (unpaired) electrons. The third kappa shape index (κ3) is 3.64. The predicted octanol–water partition coefficient (Wildman–Crippen LogP) is 2.66. The van der Waals surface area contributed by atoms with E-state index in [4.69, 9.17) is 4.74 Å². The average molecular weight is 286 g/mol. The Hall–Kier alpha value is -1.81. The molecule has 2 heterocycles. The summed E-state index contributed by atoms with van der Waals surface area (Å²) in [4.78, 5) is 13.7. The zero-order chi connectivity index (χ0) is 14.5. The molecule has 2 saturated heterocycles. The van der Waals surface area contributed by atoms with Crippen LogP contribution in [0.25, 0.3) is 6.08 Å². The standard InChI is InChI=1S/C17H22N2O2/c20-16-18-14-17(21-16)9-5-12-19(13-10-17)11-4-8-15-6-2-1-3-7-15/h1-4,6-8H,5,9-14H2,(H,18,20)/b8-4+/t17-/m1/s1. The van der Waals surface area contributed by atoms with Crippen molar-refractivity contribution in [2.24, 2.45) is 0 Å². The SMILES string of the molecule is O=C1NC[C@]2(CCCN(C/C=C/c3ccccc3)CC2)O1. The summed E-state index contributed by atoms with van der Waals surface area (Å²) in [5.41, 5.74) is 0.979. The van der Waals surface area contributed by atoms with Crippen molar-refractivity contribution in [1.29, 1.82) is 0 Å². The summed E-state index contributed by atoms with van der Waals surface area (Å²) >= 11 is 0. The number of carbonyl (C=O) groups excluding carboxylic acids is 1. The Morgan fingerprint density at radius 3 is 2.86 bits per heavy atom. The molecule has 1 spiro atoms. The average Bonchev–Trinajstić information content (AvgIpc) is 2.75. The van der Waals surface area contributed by atoms with Gasteiger partial charge in [-0.2, -0.15) is 0 Å². The number of hydrogen-bond acceptors (Lipinski definition) is 3.